The number of aromatic nitrogens is 1. The Morgan fingerprint density at radius 3 is 2.75 bits per heavy atom. The lowest BCUT2D eigenvalue weighted by molar-refractivity contribution is 0.0546. The molecule has 0 bridgehead atoms. The van der Waals surface area contributed by atoms with E-state index in [-0.39, 0.29) is 12.0 Å². The number of halogens is 1. The van der Waals surface area contributed by atoms with Crippen molar-refractivity contribution >= 4 is 21.8 Å². The fraction of sp³-hybridized carbons (Fsp3) is 0.455. The van der Waals surface area contributed by atoms with Gasteiger partial charge >= 0.3 is 0 Å². The van der Waals surface area contributed by atoms with Crippen LogP contribution in [0.3, 0.4) is 0 Å². The summed E-state index contributed by atoms with van der Waals surface area (Å²) in [6.07, 6.45) is 4.28. The molecule has 1 aliphatic heterocycles. The minimum absolute atomic E-state index is 0.0132. The summed E-state index contributed by atoms with van der Waals surface area (Å²) in [5.41, 5.74) is 0.589. The number of nitrogens with zero attached hydrogens (tertiary/aromatic N) is 2. The number of piperidine rings is 1. The maximum absolute atomic E-state index is 12.0. The molecule has 0 radical (unpaired) electrons. The van der Waals surface area contributed by atoms with E-state index in [1.54, 1.807) is 23.4 Å². The number of likely N-dealkylation sites (tertiary alicyclic amines) is 1. The second kappa shape index (κ2) is 4.93. The van der Waals surface area contributed by atoms with E-state index in [9.17, 15) is 9.90 Å². The Balaban J connectivity index is 2.08. The lowest BCUT2D eigenvalue weighted by atomic mass is 10.1. The van der Waals surface area contributed by atoms with E-state index in [0.29, 0.717) is 31.5 Å². The second-order valence-electron chi connectivity index (χ2n) is 3.92. The molecule has 2 heterocycles. The van der Waals surface area contributed by atoms with Gasteiger partial charge in [0.25, 0.3) is 5.91 Å². The van der Waals surface area contributed by atoms with Gasteiger partial charge in [-0.3, -0.25) is 9.78 Å². The molecule has 1 aliphatic rings. The zero-order chi connectivity index (χ0) is 11.5. The lowest BCUT2D eigenvalue weighted by Gasteiger charge is -2.29. The number of aliphatic hydroxyl groups excluding tert-OH is 1. The molecular weight excluding hydrogens is 272 g/mol. The number of hydrogen-bond donors (Lipinski definition) is 1. The van der Waals surface area contributed by atoms with Crippen molar-refractivity contribution in [2.75, 3.05) is 13.1 Å². The average molecular weight is 285 g/mol. The maximum Gasteiger partial charge on any atom is 0.255 e. The van der Waals surface area contributed by atoms with Gasteiger partial charge in [0.05, 0.1) is 11.7 Å². The fourth-order valence-corrected chi connectivity index (χ4v) is 2.15. The highest BCUT2D eigenvalue weighted by Crippen LogP contribution is 2.15. The van der Waals surface area contributed by atoms with E-state index < -0.39 is 0 Å². The molecule has 1 aromatic heterocycles. The first kappa shape index (κ1) is 11.5. The van der Waals surface area contributed by atoms with Gasteiger partial charge < -0.3 is 10.0 Å². The summed E-state index contributed by atoms with van der Waals surface area (Å²) in [7, 11) is 0. The Morgan fingerprint density at radius 2 is 2.12 bits per heavy atom. The van der Waals surface area contributed by atoms with Crippen LogP contribution in [-0.4, -0.2) is 40.1 Å². The summed E-state index contributed by atoms with van der Waals surface area (Å²) >= 11 is 3.29. The molecule has 0 atom stereocenters. The molecule has 0 aliphatic carbocycles. The van der Waals surface area contributed by atoms with Crippen molar-refractivity contribution in [2.24, 2.45) is 0 Å². The summed E-state index contributed by atoms with van der Waals surface area (Å²) in [4.78, 5) is 17.8. The first-order valence-corrected chi connectivity index (χ1v) is 6.04. The summed E-state index contributed by atoms with van der Waals surface area (Å²) in [6.45, 7) is 1.24. The summed E-state index contributed by atoms with van der Waals surface area (Å²) in [5.74, 6) is -0.0132. The van der Waals surface area contributed by atoms with E-state index in [4.69, 9.17) is 0 Å². The normalized spacial score (nSPS) is 17.5. The predicted octanol–water partition coefficient (Wildman–Crippen LogP) is 1.44. The molecule has 1 amide bonds. The lowest BCUT2D eigenvalue weighted by Crippen LogP contribution is -2.40. The van der Waals surface area contributed by atoms with Crippen molar-refractivity contribution in [2.45, 2.75) is 18.9 Å². The highest BCUT2D eigenvalue weighted by atomic mass is 79.9. The standard InChI is InChI=1S/C11H13BrN2O2/c12-9-5-8(6-13-7-9)11(16)14-3-1-10(15)2-4-14/h5-7,10,15H,1-4H2. The zero-order valence-electron chi connectivity index (χ0n) is 8.77. The van der Waals surface area contributed by atoms with Crippen molar-refractivity contribution in [3.8, 4) is 0 Å². The third-order valence-electron chi connectivity index (χ3n) is 2.70. The predicted molar refractivity (Wildman–Crippen MR) is 63.1 cm³/mol. The van der Waals surface area contributed by atoms with Crippen LogP contribution in [0.1, 0.15) is 23.2 Å². The maximum atomic E-state index is 12.0. The number of pyridine rings is 1. The Kier molecular flexibility index (Phi) is 3.56. The van der Waals surface area contributed by atoms with Gasteiger partial charge in [-0.15, -0.1) is 0 Å². The fourth-order valence-electron chi connectivity index (χ4n) is 1.78. The number of carbonyl (C=O) groups is 1. The molecule has 1 N–H and O–H groups in total. The highest BCUT2D eigenvalue weighted by molar-refractivity contribution is 9.10. The van der Waals surface area contributed by atoms with Gasteiger partial charge in [0.15, 0.2) is 0 Å². The molecule has 0 aromatic carbocycles. The van der Waals surface area contributed by atoms with Crippen LogP contribution in [0.2, 0.25) is 0 Å². The van der Waals surface area contributed by atoms with Gasteiger partial charge in [-0.1, -0.05) is 0 Å². The molecule has 86 valence electrons. The molecule has 16 heavy (non-hydrogen) atoms. The molecule has 1 aromatic rings. The molecule has 0 spiro atoms. The minimum Gasteiger partial charge on any atom is -0.393 e. The van der Waals surface area contributed by atoms with E-state index in [1.165, 1.54) is 0 Å². The van der Waals surface area contributed by atoms with Crippen LogP contribution < -0.4 is 0 Å². The van der Waals surface area contributed by atoms with Crippen LogP contribution in [-0.2, 0) is 0 Å². The van der Waals surface area contributed by atoms with Crippen molar-refractivity contribution in [1.29, 1.82) is 0 Å². The minimum atomic E-state index is -0.260. The van der Waals surface area contributed by atoms with Gasteiger partial charge in [-0.05, 0) is 34.8 Å². The van der Waals surface area contributed by atoms with Crippen molar-refractivity contribution in [3.05, 3.63) is 28.5 Å². The van der Waals surface area contributed by atoms with Crippen molar-refractivity contribution in [3.63, 3.8) is 0 Å². The number of amides is 1. The van der Waals surface area contributed by atoms with Gasteiger partial charge in [0.2, 0.25) is 0 Å². The van der Waals surface area contributed by atoms with E-state index in [0.717, 1.165) is 4.47 Å². The monoisotopic (exact) mass is 284 g/mol. The molecule has 5 heteroatoms. The van der Waals surface area contributed by atoms with Crippen LogP contribution >= 0.6 is 15.9 Å². The Bertz CT molecular complexity index is 389. The number of carbonyl (C=O) groups excluding carboxylic acids is 1. The smallest absolute Gasteiger partial charge is 0.255 e. The topological polar surface area (TPSA) is 53.4 Å². The molecule has 4 nitrogen and oxygen atoms in total. The SMILES string of the molecule is O=C(c1cncc(Br)c1)N1CCC(O)CC1. The third-order valence-corrected chi connectivity index (χ3v) is 3.14. The Labute approximate surface area is 102 Å². The van der Waals surface area contributed by atoms with Gasteiger partial charge in [0.1, 0.15) is 0 Å². The van der Waals surface area contributed by atoms with Crippen LogP contribution in [0.4, 0.5) is 0 Å². The quantitative estimate of drug-likeness (QED) is 0.849. The van der Waals surface area contributed by atoms with Gasteiger partial charge in [0, 0.05) is 30.0 Å². The number of rotatable bonds is 1. The number of hydrogen-bond acceptors (Lipinski definition) is 3. The van der Waals surface area contributed by atoms with Crippen LogP contribution in [0, 0.1) is 0 Å². The van der Waals surface area contributed by atoms with E-state index >= 15 is 0 Å². The van der Waals surface area contributed by atoms with Crippen LogP contribution in [0.15, 0.2) is 22.9 Å². The first-order chi connectivity index (χ1) is 7.66. The highest BCUT2D eigenvalue weighted by Gasteiger charge is 2.22. The molecule has 2 rings (SSSR count). The first-order valence-electron chi connectivity index (χ1n) is 5.24. The van der Waals surface area contributed by atoms with Crippen molar-refractivity contribution in [1.82, 2.24) is 9.88 Å². The van der Waals surface area contributed by atoms with E-state index in [1.807, 2.05) is 0 Å². The summed E-state index contributed by atoms with van der Waals surface area (Å²) < 4.78 is 0.801. The van der Waals surface area contributed by atoms with Crippen LogP contribution in [0.5, 0.6) is 0 Å². The molecule has 0 unspecified atom stereocenters. The average Bonchev–Trinajstić information content (AvgIpc) is 2.29. The number of aliphatic hydroxyl groups is 1. The zero-order valence-corrected chi connectivity index (χ0v) is 10.4. The third kappa shape index (κ3) is 2.59. The molecule has 1 fully saturated rings. The Hall–Kier alpha value is -0.940. The molecule has 0 saturated carbocycles. The second-order valence-corrected chi connectivity index (χ2v) is 4.83. The van der Waals surface area contributed by atoms with Gasteiger partial charge in [-0.25, -0.2) is 0 Å². The summed E-state index contributed by atoms with van der Waals surface area (Å²) in [6, 6.07) is 1.76. The van der Waals surface area contributed by atoms with E-state index in [2.05, 4.69) is 20.9 Å². The molecular formula is C11H13BrN2O2. The Morgan fingerprint density at radius 1 is 1.44 bits per heavy atom. The molecule has 1 saturated heterocycles. The van der Waals surface area contributed by atoms with Crippen molar-refractivity contribution < 1.29 is 9.90 Å². The largest absolute Gasteiger partial charge is 0.393 e. The van der Waals surface area contributed by atoms with Crippen LogP contribution in [0.25, 0.3) is 0 Å². The summed E-state index contributed by atoms with van der Waals surface area (Å²) in [5, 5.41) is 9.37. The van der Waals surface area contributed by atoms with Gasteiger partial charge in [-0.2, -0.15) is 0 Å².